The van der Waals surface area contributed by atoms with Gasteiger partial charge in [0.1, 0.15) is 5.75 Å². The Bertz CT molecular complexity index is 545. The molecule has 6 heteroatoms. The first-order valence-electron chi connectivity index (χ1n) is 5.41. The Hall–Kier alpha value is -1.17. The van der Waals surface area contributed by atoms with Crippen molar-refractivity contribution in [1.82, 2.24) is 9.59 Å². The number of hydrogen-bond donors (Lipinski definition) is 1. The van der Waals surface area contributed by atoms with Crippen LogP contribution in [-0.2, 0) is 6.42 Å². The molecule has 18 heavy (non-hydrogen) atoms. The molecule has 1 aromatic heterocycles. The number of rotatable bonds is 4. The molecule has 0 saturated heterocycles. The highest BCUT2D eigenvalue weighted by Crippen LogP contribution is 2.29. The molecule has 2 rings (SSSR count). The fraction of sp³-hybridized carbons (Fsp3) is 0.333. The van der Waals surface area contributed by atoms with Gasteiger partial charge in [-0.05, 0) is 42.2 Å². The molecule has 2 aromatic rings. The van der Waals surface area contributed by atoms with Gasteiger partial charge in [-0.25, -0.2) is 0 Å². The summed E-state index contributed by atoms with van der Waals surface area (Å²) in [5, 5.41) is 14.7. The highest BCUT2D eigenvalue weighted by molar-refractivity contribution is 7.05. The molecule has 0 bridgehead atoms. The molecule has 0 radical (unpaired) electrons. The fourth-order valence-electron chi connectivity index (χ4n) is 1.75. The number of aliphatic hydroxyl groups excluding tert-OH is 1. The second-order valence-corrected chi connectivity index (χ2v) is 5.12. The summed E-state index contributed by atoms with van der Waals surface area (Å²) in [5.74, 6) is 0.716. The molecule has 1 unspecified atom stereocenters. The molecule has 0 aliphatic carbocycles. The summed E-state index contributed by atoms with van der Waals surface area (Å²) >= 11 is 7.16. The maximum absolute atomic E-state index is 10.2. The molecule has 0 aliphatic rings. The Kier molecular flexibility index (Phi) is 4.16. The normalized spacial score (nSPS) is 12.4. The van der Waals surface area contributed by atoms with Gasteiger partial charge in [0, 0.05) is 11.4 Å². The number of hydrogen-bond acceptors (Lipinski definition) is 5. The predicted octanol–water partition coefficient (Wildman–Crippen LogP) is 2.78. The molecule has 0 aliphatic heterocycles. The SMILES string of the molecule is COc1ccc(Cl)cc1CC(O)c1snnc1C. The number of methoxy groups -OCH3 is 1. The molecule has 1 aromatic carbocycles. The maximum Gasteiger partial charge on any atom is 0.122 e. The van der Waals surface area contributed by atoms with Gasteiger partial charge in [-0.15, -0.1) is 5.10 Å². The van der Waals surface area contributed by atoms with E-state index in [0.29, 0.717) is 17.2 Å². The zero-order chi connectivity index (χ0) is 13.1. The van der Waals surface area contributed by atoms with Crippen molar-refractivity contribution in [3.8, 4) is 5.75 Å². The second kappa shape index (κ2) is 5.65. The van der Waals surface area contributed by atoms with E-state index < -0.39 is 6.10 Å². The van der Waals surface area contributed by atoms with Crippen LogP contribution in [0.2, 0.25) is 5.02 Å². The quantitative estimate of drug-likeness (QED) is 0.938. The van der Waals surface area contributed by atoms with E-state index in [1.165, 1.54) is 11.5 Å². The monoisotopic (exact) mass is 284 g/mol. The zero-order valence-electron chi connectivity index (χ0n) is 10.1. The zero-order valence-corrected chi connectivity index (χ0v) is 11.6. The van der Waals surface area contributed by atoms with Gasteiger partial charge >= 0.3 is 0 Å². The van der Waals surface area contributed by atoms with Crippen molar-refractivity contribution in [1.29, 1.82) is 0 Å². The van der Waals surface area contributed by atoms with Crippen molar-refractivity contribution >= 4 is 23.1 Å². The Morgan fingerprint density at radius 3 is 2.89 bits per heavy atom. The van der Waals surface area contributed by atoms with Crippen molar-refractivity contribution in [2.45, 2.75) is 19.4 Å². The van der Waals surface area contributed by atoms with Crippen LogP contribution >= 0.6 is 23.1 Å². The third-order valence-corrected chi connectivity index (χ3v) is 3.81. The Balaban J connectivity index is 2.23. The number of aromatic nitrogens is 2. The Morgan fingerprint density at radius 1 is 1.50 bits per heavy atom. The van der Waals surface area contributed by atoms with Crippen LogP contribution in [0.5, 0.6) is 5.75 Å². The summed E-state index contributed by atoms with van der Waals surface area (Å²) in [5.41, 5.74) is 1.62. The third kappa shape index (κ3) is 2.80. The number of halogens is 1. The molecule has 96 valence electrons. The van der Waals surface area contributed by atoms with Gasteiger partial charge in [0.05, 0.1) is 23.8 Å². The average Bonchev–Trinajstić information content (AvgIpc) is 2.76. The van der Waals surface area contributed by atoms with Crippen LogP contribution in [0.15, 0.2) is 18.2 Å². The topological polar surface area (TPSA) is 55.2 Å². The molecule has 0 spiro atoms. The van der Waals surface area contributed by atoms with Gasteiger partial charge in [-0.1, -0.05) is 16.1 Å². The molecule has 1 N–H and O–H groups in total. The first kappa shape index (κ1) is 13.3. The molecule has 1 atom stereocenters. The van der Waals surface area contributed by atoms with Crippen LogP contribution in [-0.4, -0.2) is 21.8 Å². The highest BCUT2D eigenvalue weighted by atomic mass is 35.5. The molecule has 0 saturated carbocycles. The van der Waals surface area contributed by atoms with E-state index in [9.17, 15) is 5.11 Å². The van der Waals surface area contributed by atoms with E-state index in [4.69, 9.17) is 16.3 Å². The van der Waals surface area contributed by atoms with Crippen LogP contribution < -0.4 is 4.74 Å². The smallest absolute Gasteiger partial charge is 0.122 e. The van der Waals surface area contributed by atoms with Gasteiger partial charge in [0.15, 0.2) is 0 Å². The van der Waals surface area contributed by atoms with Gasteiger partial charge in [0.2, 0.25) is 0 Å². The van der Waals surface area contributed by atoms with Gasteiger partial charge in [0.25, 0.3) is 0 Å². The van der Waals surface area contributed by atoms with E-state index >= 15 is 0 Å². The lowest BCUT2D eigenvalue weighted by Gasteiger charge is -2.12. The molecular weight excluding hydrogens is 272 g/mol. The van der Waals surface area contributed by atoms with Crippen LogP contribution in [0.1, 0.15) is 22.2 Å². The molecule has 1 heterocycles. The standard InChI is InChI=1S/C12H13ClN2O2S/c1-7-12(18-15-14-7)10(16)6-8-5-9(13)3-4-11(8)17-2/h3-5,10,16H,6H2,1-2H3. The minimum atomic E-state index is -0.641. The first-order valence-corrected chi connectivity index (χ1v) is 6.56. The number of benzene rings is 1. The summed E-state index contributed by atoms with van der Waals surface area (Å²) < 4.78 is 9.07. The van der Waals surface area contributed by atoms with Gasteiger partial charge < -0.3 is 9.84 Å². The molecule has 4 nitrogen and oxygen atoms in total. The third-order valence-electron chi connectivity index (χ3n) is 2.64. The molecule has 0 amide bonds. The lowest BCUT2D eigenvalue weighted by Crippen LogP contribution is -2.03. The summed E-state index contributed by atoms with van der Waals surface area (Å²) in [6, 6.07) is 5.35. The lowest BCUT2D eigenvalue weighted by molar-refractivity contribution is 0.180. The van der Waals surface area contributed by atoms with Crippen LogP contribution in [0.25, 0.3) is 0 Å². The predicted molar refractivity (Wildman–Crippen MR) is 71.3 cm³/mol. The van der Waals surface area contributed by atoms with Gasteiger partial charge in [-0.3, -0.25) is 0 Å². The van der Waals surface area contributed by atoms with E-state index in [1.807, 2.05) is 6.92 Å². The van der Waals surface area contributed by atoms with Crippen molar-refractivity contribution in [3.05, 3.63) is 39.4 Å². The largest absolute Gasteiger partial charge is 0.496 e. The number of aliphatic hydroxyl groups is 1. The van der Waals surface area contributed by atoms with E-state index in [-0.39, 0.29) is 0 Å². The van der Waals surface area contributed by atoms with E-state index in [0.717, 1.165) is 16.1 Å². The molecular formula is C12H13ClN2O2S. The second-order valence-electron chi connectivity index (χ2n) is 3.90. The number of ether oxygens (including phenoxy) is 1. The maximum atomic E-state index is 10.2. The molecule has 0 fully saturated rings. The summed E-state index contributed by atoms with van der Waals surface area (Å²) in [6.07, 6.45) is -0.216. The lowest BCUT2D eigenvalue weighted by atomic mass is 10.1. The fourth-order valence-corrected chi connectivity index (χ4v) is 2.57. The van der Waals surface area contributed by atoms with E-state index in [2.05, 4.69) is 9.59 Å². The van der Waals surface area contributed by atoms with Crippen LogP contribution in [0.3, 0.4) is 0 Å². The minimum Gasteiger partial charge on any atom is -0.496 e. The highest BCUT2D eigenvalue weighted by Gasteiger charge is 2.17. The summed E-state index contributed by atoms with van der Waals surface area (Å²) in [7, 11) is 1.60. The van der Waals surface area contributed by atoms with Gasteiger partial charge in [-0.2, -0.15) is 0 Å². The van der Waals surface area contributed by atoms with Crippen molar-refractivity contribution in [2.75, 3.05) is 7.11 Å². The summed E-state index contributed by atoms with van der Waals surface area (Å²) in [6.45, 7) is 1.83. The Labute approximate surface area is 114 Å². The number of aryl methyl sites for hydroxylation is 1. The van der Waals surface area contributed by atoms with Crippen molar-refractivity contribution in [2.24, 2.45) is 0 Å². The summed E-state index contributed by atoms with van der Waals surface area (Å²) in [4.78, 5) is 0.775. The first-order chi connectivity index (χ1) is 8.61. The van der Waals surface area contributed by atoms with Crippen LogP contribution in [0.4, 0.5) is 0 Å². The van der Waals surface area contributed by atoms with Crippen molar-refractivity contribution in [3.63, 3.8) is 0 Å². The van der Waals surface area contributed by atoms with Crippen LogP contribution in [0, 0.1) is 6.92 Å². The number of nitrogens with zero attached hydrogens (tertiary/aromatic N) is 2. The minimum absolute atomic E-state index is 0.425. The van der Waals surface area contributed by atoms with E-state index in [1.54, 1.807) is 25.3 Å². The van der Waals surface area contributed by atoms with Crippen molar-refractivity contribution < 1.29 is 9.84 Å². The average molecular weight is 285 g/mol. The Morgan fingerprint density at radius 2 is 2.28 bits per heavy atom.